The molecule has 154 valence electrons. The van der Waals surface area contributed by atoms with Crippen molar-refractivity contribution in [2.24, 2.45) is 0 Å². The number of anilines is 1. The molecule has 0 aliphatic carbocycles. The number of carbonyl (C=O) groups excluding carboxylic acids is 1. The Morgan fingerprint density at radius 3 is 2.45 bits per heavy atom. The van der Waals surface area contributed by atoms with Crippen LogP contribution >= 0.6 is 0 Å². The Morgan fingerprint density at radius 1 is 0.839 bits per heavy atom. The number of carbonyl (C=O) groups is 1. The molecule has 3 aromatic carbocycles. The summed E-state index contributed by atoms with van der Waals surface area (Å²) in [6, 6.07) is 25.7. The molecule has 0 atom stereocenters. The molecule has 0 spiro atoms. The fourth-order valence-corrected chi connectivity index (χ4v) is 3.04. The van der Waals surface area contributed by atoms with Crippen LogP contribution < -0.4 is 21.2 Å². The van der Waals surface area contributed by atoms with E-state index in [1.54, 1.807) is 42.5 Å². The first-order chi connectivity index (χ1) is 15.1. The first kappa shape index (κ1) is 19.9. The van der Waals surface area contributed by atoms with Crippen LogP contribution in [0.2, 0.25) is 0 Å². The van der Waals surface area contributed by atoms with E-state index >= 15 is 0 Å². The number of H-pyrrole nitrogens is 1. The molecule has 1 heterocycles. The van der Waals surface area contributed by atoms with Crippen molar-refractivity contribution in [1.29, 1.82) is 0 Å². The zero-order chi connectivity index (χ0) is 21.6. The van der Waals surface area contributed by atoms with E-state index in [9.17, 15) is 14.4 Å². The number of rotatable bonds is 6. The molecule has 31 heavy (non-hydrogen) atoms. The molecule has 0 saturated carbocycles. The second-order valence-corrected chi connectivity index (χ2v) is 6.83. The van der Waals surface area contributed by atoms with Gasteiger partial charge in [0.15, 0.2) is 0 Å². The quantitative estimate of drug-likeness (QED) is 0.505. The van der Waals surface area contributed by atoms with Crippen LogP contribution in [0.15, 0.2) is 101 Å². The van der Waals surface area contributed by atoms with Crippen molar-refractivity contribution >= 4 is 11.6 Å². The standard InChI is InChI=1S/C24H19N3O4/c28-22-12-13-23(29)27(26-22)16-17-6-4-8-19(14-17)25-24(30)18-7-5-11-21(15-18)31-20-9-2-1-3-10-20/h1-15H,16H2,(H,25,30)(H,26,28). The number of aromatic amines is 1. The van der Waals surface area contributed by atoms with Crippen LogP contribution in [-0.2, 0) is 6.54 Å². The fourth-order valence-electron chi connectivity index (χ4n) is 3.04. The Bertz CT molecular complexity index is 1330. The minimum absolute atomic E-state index is 0.180. The minimum atomic E-state index is -0.360. The maximum Gasteiger partial charge on any atom is 0.265 e. The molecule has 1 amide bonds. The zero-order valence-electron chi connectivity index (χ0n) is 16.4. The van der Waals surface area contributed by atoms with E-state index in [2.05, 4.69) is 10.4 Å². The van der Waals surface area contributed by atoms with E-state index < -0.39 is 0 Å². The van der Waals surface area contributed by atoms with E-state index in [0.717, 1.165) is 5.56 Å². The maximum atomic E-state index is 12.7. The van der Waals surface area contributed by atoms with Gasteiger partial charge >= 0.3 is 0 Å². The normalized spacial score (nSPS) is 10.5. The summed E-state index contributed by atoms with van der Waals surface area (Å²) in [5.41, 5.74) is 1.10. The molecule has 0 saturated heterocycles. The van der Waals surface area contributed by atoms with Gasteiger partial charge in [-0.15, -0.1) is 0 Å². The van der Waals surface area contributed by atoms with Gasteiger partial charge in [-0.3, -0.25) is 19.5 Å². The van der Waals surface area contributed by atoms with Crippen LogP contribution in [-0.4, -0.2) is 15.7 Å². The number of aromatic nitrogens is 2. The van der Waals surface area contributed by atoms with Gasteiger partial charge in [0.25, 0.3) is 17.0 Å². The average Bonchev–Trinajstić information content (AvgIpc) is 2.77. The Balaban J connectivity index is 1.48. The van der Waals surface area contributed by atoms with Crippen LogP contribution in [0, 0.1) is 0 Å². The van der Waals surface area contributed by atoms with Crippen molar-refractivity contribution in [3.63, 3.8) is 0 Å². The third-order valence-electron chi connectivity index (χ3n) is 4.49. The second-order valence-electron chi connectivity index (χ2n) is 6.83. The molecule has 0 unspecified atom stereocenters. The van der Waals surface area contributed by atoms with Gasteiger partial charge in [-0.05, 0) is 48.0 Å². The lowest BCUT2D eigenvalue weighted by atomic mass is 10.1. The second kappa shape index (κ2) is 8.96. The fraction of sp³-hybridized carbons (Fsp3) is 0.0417. The van der Waals surface area contributed by atoms with E-state index in [4.69, 9.17) is 4.74 Å². The molecule has 4 rings (SSSR count). The molecule has 1 aromatic heterocycles. The Kier molecular flexibility index (Phi) is 5.75. The molecule has 2 N–H and O–H groups in total. The summed E-state index contributed by atoms with van der Waals surface area (Å²) < 4.78 is 7.00. The predicted molar refractivity (Wildman–Crippen MR) is 118 cm³/mol. The molecule has 0 radical (unpaired) electrons. The van der Waals surface area contributed by atoms with Crippen molar-refractivity contribution in [2.75, 3.05) is 5.32 Å². The Labute approximate surface area is 177 Å². The summed E-state index contributed by atoms with van der Waals surface area (Å²) in [7, 11) is 0. The Hall–Kier alpha value is -4.39. The van der Waals surface area contributed by atoms with Crippen LogP contribution in [0.4, 0.5) is 5.69 Å². The molecule has 0 fully saturated rings. The third kappa shape index (κ3) is 5.16. The lowest BCUT2D eigenvalue weighted by Gasteiger charge is -2.10. The van der Waals surface area contributed by atoms with Crippen LogP contribution in [0.5, 0.6) is 11.5 Å². The highest BCUT2D eigenvalue weighted by Gasteiger charge is 2.09. The number of nitrogens with zero attached hydrogens (tertiary/aromatic N) is 1. The van der Waals surface area contributed by atoms with Gasteiger partial charge in [-0.25, -0.2) is 4.68 Å². The third-order valence-corrected chi connectivity index (χ3v) is 4.49. The van der Waals surface area contributed by atoms with Crippen molar-refractivity contribution < 1.29 is 9.53 Å². The number of para-hydroxylation sites is 1. The minimum Gasteiger partial charge on any atom is -0.457 e. The number of amides is 1. The zero-order valence-corrected chi connectivity index (χ0v) is 16.4. The molecular formula is C24H19N3O4. The molecule has 7 heteroatoms. The number of nitrogens with one attached hydrogen (secondary N) is 2. The van der Waals surface area contributed by atoms with E-state index in [1.807, 2.05) is 36.4 Å². The first-order valence-corrected chi connectivity index (χ1v) is 9.60. The topological polar surface area (TPSA) is 93.2 Å². The van der Waals surface area contributed by atoms with Crippen molar-refractivity contribution in [2.45, 2.75) is 6.54 Å². The molecule has 0 bridgehead atoms. The highest BCUT2D eigenvalue weighted by atomic mass is 16.5. The van der Waals surface area contributed by atoms with Crippen LogP contribution in [0.25, 0.3) is 0 Å². The van der Waals surface area contributed by atoms with E-state index in [-0.39, 0.29) is 23.6 Å². The highest BCUT2D eigenvalue weighted by molar-refractivity contribution is 6.04. The predicted octanol–water partition coefficient (Wildman–Crippen LogP) is 3.63. The summed E-state index contributed by atoms with van der Waals surface area (Å²) in [6.45, 7) is 0.180. The lowest BCUT2D eigenvalue weighted by Crippen LogP contribution is -2.28. The van der Waals surface area contributed by atoms with Crippen LogP contribution in [0.1, 0.15) is 15.9 Å². The molecule has 0 aliphatic heterocycles. The molecule has 7 nitrogen and oxygen atoms in total. The number of benzene rings is 3. The molecule has 4 aromatic rings. The summed E-state index contributed by atoms with van der Waals surface area (Å²) >= 11 is 0. The van der Waals surface area contributed by atoms with Gasteiger partial charge in [-0.1, -0.05) is 36.4 Å². The van der Waals surface area contributed by atoms with Gasteiger partial charge in [-0.2, -0.15) is 0 Å². The lowest BCUT2D eigenvalue weighted by molar-refractivity contribution is 0.102. The monoisotopic (exact) mass is 413 g/mol. The number of hydrogen-bond donors (Lipinski definition) is 2. The van der Waals surface area contributed by atoms with Gasteiger partial charge < -0.3 is 10.1 Å². The van der Waals surface area contributed by atoms with Crippen LogP contribution in [0.3, 0.4) is 0 Å². The van der Waals surface area contributed by atoms with Gasteiger partial charge in [0.05, 0.1) is 6.54 Å². The summed E-state index contributed by atoms with van der Waals surface area (Å²) in [5.74, 6) is 0.947. The highest BCUT2D eigenvalue weighted by Crippen LogP contribution is 2.22. The van der Waals surface area contributed by atoms with Gasteiger partial charge in [0.1, 0.15) is 11.5 Å². The summed E-state index contributed by atoms with van der Waals surface area (Å²) in [4.78, 5) is 36.1. The largest absolute Gasteiger partial charge is 0.457 e. The number of hydrogen-bond acceptors (Lipinski definition) is 4. The van der Waals surface area contributed by atoms with Crippen molar-refractivity contribution in [3.05, 3.63) is 123 Å². The van der Waals surface area contributed by atoms with E-state index in [0.29, 0.717) is 22.7 Å². The van der Waals surface area contributed by atoms with Crippen molar-refractivity contribution in [1.82, 2.24) is 9.78 Å². The van der Waals surface area contributed by atoms with Crippen molar-refractivity contribution in [3.8, 4) is 11.5 Å². The molecule has 0 aliphatic rings. The Morgan fingerprint density at radius 2 is 1.61 bits per heavy atom. The smallest absolute Gasteiger partial charge is 0.265 e. The van der Waals surface area contributed by atoms with Gasteiger partial charge in [0, 0.05) is 23.4 Å². The SMILES string of the molecule is O=C(Nc1cccc(Cn2[nH]c(=O)ccc2=O)c1)c1cccc(Oc2ccccc2)c1. The molecular weight excluding hydrogens is 394 g/mol. The summed E-state index contributed by atoms with van der Waals surface area (Å²) in [6.07, 6.45) is 0. The maximum absolute atomic E-state index is 12.7. The van der Waals surface area contributed by atoms with E-state index in [1.165, 1.54) is 16.8 Å². The van der Waals surface area contributed by atoms with Gasteiger partial charge in [0.2, 0.25) is 0 Å². The average molecular weight is 413 g/mol. The first-order valence-electron chi connectivity index (χ1n) is 9.60. The summed E-state index contributed by atoms with van der Waals surface area (Å²) in [5, 5.41) is 5.33. The number of ether oxygens (including phenoxy) is 1.